The molecule has 1 saturated heterocycles. The highest BCUT2D eigenvalue weighted by molar-refractivity contribution is 5.93. The number of nitrogens with zero attached hydrogens (tertiary/aromatic N) is 2. The molecule has 1 fully saturated rings. The van der Waals surface area contributed by atoms with Crippen molar-refractivity contribution in [2.75, 3.05) is 26.2 Å². The lowest BCUT2D eigenvalue weighted by molar-refractivity contribution is 0.0951. The van der Waals surface area contributed by atoms with E-state index in [2.05, 4.69) is 34.0 Å². The topological polar surface area (TPSA) is 61.0 Å². The molecule has 20 heavy (non-hydrogen) atoms. The average Bonchev–Trinajstić information content (AvgIpc) is 2.97. The molecule has 0 saturated carbocycles. The van der Waals surface area contributed by atoms with Crippen molar-refractivity contribution < 1.29 is 4.79 Å². The van der Waals surface area contributed by atoms with E-state index in [1.165, 1.54) is 0 Å². The SMILES string of the molecule is CC(C)CN1CC[C@@H](c2nc3c([nH]2)CCCNC3=O)C1. The van der Waals surface area contributed by atoms with Crippen molar-refractivity contribution in [2.24, 2.45) is 5.92 Å². The lowest BCUT2D eigenvalue weighted by Gasteiger charge is -2.17. The van der Waals surface area contributed by atoms with Gasteiger partial charge in [0.25, 0.3) is 5.91 Å². The molecule has 0 aromatic carbocycles. The first kappa shape index (κ1) is 13.6. The second-order valence-electron chi connectivity index (χ2n) is 6.45. The van der Waals surface area contributed by atoms with Gasteiger partial charge in [-0.3, -0.25) is 4.79 Å². The van der Waals surface area contributed by atoms with Gasteiger partial charge in [0.2, 0.25) is 0 Å². The summed E-state index contributed by atoms with van der Waals surface area (Å²) in [5, 5.41) is 2.91. The van der Waals surface area contributed by atoms with E-state index in [0.29, 0.717) is 17.5 Å². The minimum Gasteiger partial charge on any atom is -0.351 e. The smallest absolute Gasteiger partial charge is 0.271 e. The summed E-state index contributed by atoms with van der Waals surface area (Å²) in [7, 11) is 0. The monoisotopic (exact) mass is 276 g/mol. The number of imidazole rings is 1. The fraction of sp³-hybridized carbons (Fsp3) is 0.733. The summed E-state index contributed by atoms with van der Waals surface area (Å²) in [5.41, 5.74) is 1.65. The predicted molar refractivity (Wildman–Crippen MR) is 77.9 cm³/mol. The molecule has 2 N–H and O–H groups in total. The van der Waals surface area contributed by atoms with Gasteiger partial charge in [0.15, 0.2) is 0 Å². The molecule has 0 unspecified atom stereocenters. The van der Waals surface area contributed by atoms with Crippen LogP contribution in [0.2, 0.25) is 0 Å². The number of hydrogen-bond acceptors (Lipinski definition) is 3. The van der Waals surface area contributed by atoms with Gasteiger partial charge in [-0.1, -0.05) is 13.8 Å². The molecule has 2 aliphatic rings. The van der Waals surface area contributed by atoms with Crippen LogP contribution in [0.5, 0.6) is 0 Å². The first-order valence-electron chi connectivity index (χ1n) is 7.73. The van der Waals surface area contributed by atoms with Crippen LogP contribution in [-0.2, 0) is 6.42 Å². The summed E-state index contributed by atoms with van der Waals surface area (Å²) in [6.07, 6.45) is 3.05. The van der Waals surface area contributed by atoms with Crippen molar-refractivity contribution in [1.82, 2.24) is 20.2 Å². The summed E-state index contributed by atoms with van der Waals surface area (Å²) < 4.78 is 0. The zero-order valence-electron chi connectivity index (χ0n) is 12.4. The standard InChI is InChI=1S/C15H24N4O/c1-10(2)8-19-7-5-11(9-19)14-17-12-4-3-6-16-15(20)13(12)18-14/h10-11H,3-9H2,1-2H3,(H,16,20)(H,17,18)/t11-/m1/s1. The molecule has 0 spiro atoms. The van der Waals surface area contributed by atoms with Gasteiger partial charge in [-0.15, -0.1) is 0 Å². The number of rotatable bonds is 3. The minimum atomic E-state index is -0.0166. The Hall–Kier alpha value is -1.36. The summed E-state index contributed by atoms with van der Waals surface area (Å²) >= 11 is 0. The molecule has 0 bridgehead atoms. The van der Waals surface area contributed by atoms with Gasteiger partial charge in [-0.2, -0.15) is 0 Å². The molecule has 1 aromatic rings. The van der Waals surface area contributed by atoms with E-state index in [-0.39, 0.29) is 5.91 Å². The van der Waals surface area contributed by atoms with Crippen LogP contribution in [0, 0.1) is 5.92 Å². The third-order valence-corrected chi connectivity index (χ3v) is 4.18. The Bertz CT molecular complexity index is 494. The Morgan fingerprint density at radius 2 is 2.30 bits per heavy atom. The van der Waals surface area contributed by atoms with Crippen LogP contribution in [0.4, 0.5) is 0 Å². The van der Waals surface area contributed by atoms with E-state index in [9.17, 15) is 4.79 Å². The first-order chi connectivity index (χ1) is 9.63. The van der Waals surface area contributed by atoms with Crippen molar-refractivity contribution in [3.05, 3.63) is 17.2 Å². The van der Waals surface area contributed by atoms with E-state index < -0.39 is 0 Å². The third-order valence-electron chi connectivity index (χ3n) is 4.18. The molecule has 5 nitrogen and oxygen atoms in total. The highest BCUT2D eigenvalue weighted by Crippen LogP contribution is 2.27. The number of H-pyrrole nitrogens is 1. The Kier molecular flexibility index (Phi) is 3.78. The van der Waals surface area contributed by atoms with Crippen LogP contribution in [0.25, 0.3) is 0 Å². The molecular formula is C15H24N4O. The highest BCUT2D eigenvalue weighted by atomic mass is 16.1. The second-order valence-corrected chi connectivity index (χ2v) is 6.45. The van der Waals surface area contributed by atoms with Crippen LogP contribution in [-0.4, -0.2) is 47.0 Å². The number of fused-ring (bicyclic) bond motifs is 1. The maximum atomic E-state index is 11.9. The Morgan fingerprint density at radius 3 is 3.10 bits per heavy atom. The highest BCUT2D eigenvalue weighted by Gasteiger charge is 2.29. The van der Waals surface area contributed by atoms with Gasteiger partial charge in [0, 0.05) is 31.2 Å². The number of aromatic amines is 1. The van der Waals surface area contributed by atoms with E-state index in [4.69, 9.17) is 0 Å². The number of aryl methyl sites for hydroxylation is 1. The molecular weight excluding hydrogens is 252 g/mol. The average molecular weight is 276 g/mol. The quantitative estimate of drug-likeness (QED) is 0.880. The van der Waals surface area contributed by atoms with Gasteiger partial charge >= 0.3 is 0 Å². The first-order valence-corrected chi connectivity index (χ1v) is 7.73. The molecule has 5 heteroatoms. The summed E-state index contributed by atoms with van der Waals surface area (Å²) in [6, 6.07) is 0. The second kappa shape index (κ2) is 5.56. The van der Waals surface area contributed by atoms with E-state index in [1.54, 1.807) is 0 Å². The largest absolute Gasteiger partial charge is 0.351 e. The number of carbonyl (C=O) groups is 1. The van der Waals surface area contributed by atoms with Gasteiger partial charge in [-0.25, -0.2) is 4.98 Å². The third kappa shape index (κ3) is 2.73. The molecule has 2 aliphatic heterocycles. The lowest BCUT2D eigenvalue weighted by atomic mass is 10.1. The fourth-order valence-electron chi connectivity index (χ4n) is 3.28. The van der Waals surface area contributed by atoms with Crippen molar-refractivity contribution in [2.45, 2.75) is 39.0 Å². The number of amides is 1. The molecule has 1 atom stereocenters. The molecule has 1 amide bonds. The van der Waals surface area contributed by atoms with Crippen molar-refractivity contribution >= 4 is 5.91 Å². The maximum Gasteiger partial charge on any atom is 0.271 e. The summed E-state index contributed by atoms with van der Waals surface area (Å²) in [4.78, 5) is 22.5. The van der Waals surface area contributed by atoms with Crippen LogP contribution in [0.15, 0.2) is 0 Å². The number of nitrogens with one attached hydrogen (secondary N) is 2. The van der Waals surface area contributed by atoms with E-state index in [0.717, 1.165) is 57.0 Å². The van der Waals surface area contributed by atoms with Crippen LogP contribution >= 0.6 is 0 Å². The van der Waals surface area contributed by atoms with Gasteiger partial charge in [0.05, 0.1) is 0 Å². The number of likely N-dealkylation sites (tertiary alicyclic amines) is 1. The Balaban J connectivity index is 1.73. The number of carbonyl (C=O) groups excluding carboxylic acids is 1. The van der Waals surface area contributed by atoms with Crippen LogP contribution in [0.3, 0.4) is 0 Å². The molecule has 110 valence electrons. The van der Waals surface area contributed by atoms with E-state index >= 15 is 0 Å². The Labute approximate surface area is 120 Å². The number of aromatic nitrogens is 2. The maximum absolute atomic E-state index is 11.9. The van der Waals surface area contributed by atoms with Crippen LogP contribution in [0.1, 0.15) is 54.6 Å². The molecule has 3 heterocycles. The zero-order valence-corrected chi connectivity index (χ0v) is 12.4. The molecule has 0 radical (unpaired) electrons. The Morgan fingerprint density at radius 1 is 1.45 bits per heavy atom. The van der Waals surface area contributed by atoms with E-state index in [1.807, 2.05) is 0 Å². The van der Waals surface area contributed by atoms with Crippen LogP contribution < -0.4 is 5.32 Å². The van der Waals surface area contributed by atoms with Crippen molar-refractivity contribution in [3.8, 4) is 0 Å². The summed E-state index contributed by atoms with van der Waals surface area (Å²) in [6.45, 7) is 8.62. The molecule has 0 aliphatic carbocycles. The fourth-order valence-corrected chi connectivity index (χ4v) is 3.28. The molecule has 1 aromatic heterocycles. The predicted octanol–water partition coefficient (Wildman–Crippen LogP) is 1.53. The van der Waals surface area contributed by atoms with Crippen molar-refractivity contribution in [3.63, 3.8) is 0 Å². The zero-order chi connectivity index (χ0) is 14.1. The summed E-state index contributed by atoms with van der Waals surface area (Å²) in [5.74, 6) is 2.15. The van der Waals surface area contributed by atoms with Gasteiger partial charge in [-0.05, 0) is 31.7 Å². The molecule has 3 rings (SSSR count). The minimum absolute atomic E-state index is 0.0166. The van der Waals surface area contributed by atoms with Gasteiger partial charge in [0.1, 0.15) is 11.5 Å². The normalized spacial score (nSPS) is 23.8. The lowest BCUT2D eigenvalue weighted by Crippen LogP contribution is -2.25. The van der Waals surface area contributed by atoms with Crippen molar-refractivity contribution in [1.29, 1.82) is 0 Å². The van der Waals surface area contributed by atoms with Gasteiger partial charge < -0.3 is 15.2 Å². The number of hydrogen-bond donors (Lipinski definition) is 2.